The molecule has 0 amide bonds. The Bertz CT molecular complexity index is 1210. The maximum atomic E-state index is 6.51. The molecule has 6 heteroatoms. The van der Waals surface area contributed by atoms with Crippen LogP contribution in [-0.2, 0) is 5.41 Å². The minimum atomic E-state index is -0.247. The summed E-state index contributed by atoms with van der Waals surface area (Å²) >= 11 is 12.6. The van der Waals surface area contributed by atoms with Gasteiger partial charge in [-0.25, -0.2) is 15.0 Å². The highest BCUT2D eigenvalue weighted by atomic mass is 35.5. The molecule has 0 saturated heterocycles. The lowest BCUT2D eigenvalue weighted by Gasteiger charge is -2.18. The monoisotopic (exact) mass is 422 g/mol. The second-order valence-electron chi connectivity index (χ2n) is 7.92. The molecule has 4 nitrogen and oxygen atoms in total. The predicted octanol–water partition coefficient (Wildman–Crippen LogP) is 6.55. The Morgan fingerprint density at radius 2 is 1.52 bits per heavy atom. The fraction of sp³-hybridized carbons (Fsp3) is 0.174. The predicted molar refractivity (Wildman–Crippen MR) is 121 cm³/mol. The van der Waals surface area contributed by atoms with Crippen LogP contribution < -0.4 is 5.73 Å². The molecule has 0 aliphatic carbocycles. The van der Waals surface area contributed by atoms with Crippen LogP contribution in [0.25, 0.3) is 33.4 Å². The molecular formula is C23H20Cl2N4. The van der Waals surface area contributed by atoms with Gasteiger partial charge >= 0.3 is 0 Å². The number of pyridine rings is 1. The number of nitrogens with zero attached hydrogens (tertiary/aromatic N) is 3. The number of fused-ring (bicyclic) bond motifs is 1. The van der Waals surface area contributed by atoms with Crippen molar-refractivity contribution in [2.75, 3.05) is 5.73 Å². The fourth-order valence-electron chi connectivity index (χ4n) is 3.12. The first-order chi connectivity index (χ1) is 13.7. The van der Waals surface area contributed by atoms with Gasteiger partial charge in [-0.2, -0.15) is 0 Å². The van der Waals surface area contributed by atoms with Crippen molar-refractivity contribution in [1.29, 1.82) is 0 Å². The number of anilines is 1. The first kappa shape index (κ1) is 19.6. The van der Waals surface area contributed by atoms with E-state index in [2.05, 4.69) is 4.98 Å². The third kappa shape index (κ3) is 3.78. The van der Waals surface area contributed by atoms with Crippen molar-refractivity contribution in [2.24, 2.45) is 0 Å². The van der Waals surface area contributed by atoms with E-state index in [0.717, 1.165) is 22.4 Å². The van der Waals surface area contributed by atoms with Crippen LogP contribution in [0.4, 0.5) is 5.82 Å². The number of benzene rings is 2. The van der Waals surface area contributed by atoms with Gasteiger partial charge in [-0.3, -0.25) is 0 Å². The number of rotatable bonds is 2. The van der Waals surface area contributed by atoms with Crippen molar-refractivity contribution in [1.82, 2.24) is 15.0 Å². The van der Waals surface area contributed by atoms with E-state index in [4.69, 9.17) is 38.9 Å². The van der Waals surface area contributed by atoms with Crippen LogP contribution in [0.5, 0.6) is 0 Å². The Hall–Kier alpha value is -2.69. The zero-order valence-corrected chi connectivity index (χ0v) is 17.9. The van der Waals surface area contributed by atoms with Gasteiger partial charge in [0.15, 0.2) is 5.65 Å². The van der Waals surface area contributed by atoms with Crippen LogP contribution in [0.15, 0.2) is 54.6 Å². The maximum Gasteiger partial charge on any atom is 0.165 e. The summed E-state index contributed by atoms with van der Waals surface area (Å²) in [6.07, 6.45) is 0. The molecule has 0 fully saturated rings. The molecule has 0 aliphatic heterocycles. The van der Waals surface area contributed by atoms with Crippen molar-refractivity contribution in [3.63, 3.8) is 0 Å². The van der Waals surface area contributed by atoms with E-state index in [1.54, 1.807) is 0 Å². The molecule has 0 saturated carbocycles. The van der Waals surface area contributed by atoms with Crippen LogP contribution in [0.3, 0.4) is 0 Å². The zero-order valence-electron chi connectivity index (χ0n) is 16.4. The molecule has 2 aromatic heterocycles. The van der Waals surface area contributed by atoms with Gasteiger partial charge < -0.3 is 5.73 Å². The topological polar surface area (TPSA) is 64.7 Å². The Morgan fingerprint density at radius 1 is 0.828 bits per heavy atom. The molecule has 4 aromatic rings. The highest BCUT2D eigenvalue weighted by molar-refractivity contribution is 6.33. The molecule has 146 valence electrons. The average Bonchev–Trinajstić information content (AvgIpc) is 2.67. The van der Waals surface area contributed by atoms with Crippen molar-refractivity contribution in [3.8, 4) is 22.4 Å². The van der Waals surface area contributed by atoms with Gasteiger partial charge in [0.2, 0.25) is 0 Å². The molecule has 2 aromatic carbocycles. The van der Waals surface area contributed by atoms with Gasteiger partial charge in [-0.05, 0) is 29.8 Å². The average molecular weight is 423 g/mol. The largest absolute Gasteiger partial charge is 0.383 e. The number of hydrogen-bond donors (Lipinski definition) is 1. The molecular weight excluding hydrogens is 403 g/mol. The molecule has 0 bridgehead atoms. The quantitative estimate of drug-likeness (QED) is 0.397. The third-order valence-corrected chi connectivity index (χ3v) is 5.25. The molecule has 0 aliphatic rings. The van der Waals surface area contributed by atoms with Crippen LogP contribution in [0, 0.1) is 0 Å². The lowest BCUT2D eigenvalue weighted by Crippen LogP contribution is -2.17. The van der Waals surface area contributed by atoms with Crippen LogP contribution in [0.2, 0.25) is 10.0 Å². The van der Waals surface area contributed by atoms with E-state index in [9.17, 15) is 0 Å². The second-order valence-corrected chi connectivity index (χ2v) is 8.77. The Morgan fingerprint density at radius 3 is 2.17 bits per heavy atom. The van der Waals surface area contributed by atoms with Gasteiger partial charge in [0.05, 0.1) is 11.1 Å². The first-order valence-electron chi connectivity index (χ1n) is 9.23. The molecule has 0 spiro atoms. The number of hydrogen-bond acceptors (Lipinski definition) is 4. The lowest BCUT2D eigenvalue weighted by molar-refractivity contribution is 0.549. The van der Waals surface area contributed by atoms with E-state index in [0.29, 0.717) is 32.7 Å². The van der Waals surface area contributed by atoms with Gasteiger partial charge in [-0.15, -0.1) is 0 Å². The SMILES string of the molecule is CC(C)(C)c1nc(N)c2cc(-c3ccc(Cl)cc3)c(-c3ccccc3Cl)nc2n1. The third-order valence-electron chi connectivity index (χ3n) is 4.67. The molecule has 29 heavy (non-hydrogen) atoms. The Labute approximate surface area is 179 Å². The summed E-state index contributed by atoms with van der Waals surface area (Å²) in [6.45, 7) is 6.14. The normalized spacial score (nSPS) is 11.8. The van der Waals surface area contributed by atoms with Gasteiger partial charge in [0.25, 0.3) is 0 Å². The maximum absolute atomic E-state index is 6.51. The van der Waals surface area contributed by atoms with E-state index in [-0.39, 0.29) is 5.41 Å². The van der Waals surface area contributed by atoms with Crippen LogP contribution in [0.1, 0.15) is 26.6 Å². The number of aromatic nitrogens is 3. The summed E-state index contributed by atoms with van der Waals surface area (Å²) in [5.41, 5.74) is 10.0. The van der Waals surface area contributed by atoms with Crippen molar-refractivity contribution in [2.45, 2.75) is 26.2 Å². The van der Waals surface area contributed by atoms with E-state index < -0.39 is 0 Å². The number of nitrogen functional groups attached to an aromatic ring is 1. The summed E-state index contributed by atoms with van der Waals surface area (Å²) in [7, 11) is 0. The van der Waals surface area contributed by atoms with Gasteiger partial charge in [0.1, 0.15) is 11.6 Å². The van der Waals surface area contributed by atoms with Crippen LogP contribution in [-0.4, -0.2) is 15.0 Å². The molecule has 0 radical (unpaired) electrons. The Balaban J connectivity index is 2.07. The van der Waals surface area contributed by atoms with Crippen molar-refractivity contribution < 1.29 is 0 Å². The molecule has 4 rings (SSSR count). The Kier molecular flexibility index (Phi) is 4.93. The van der Waals surface area contributed by atoms with E-state index in [1.807, 2.05) is 75.4 Å². The molecule has 2 N–H and O–H groups in total. The van der Waals surface area contributed by atoms with Crippen molar-refractivity contribution in [3.05, 3.63) is 70.5 Å². The molecule has 2 heterocycles. The summed E-state index contributed by atoms with van der Waals surface area (Å²) in [6, 6.07) is 17.2. The highest BCUT2D eigenvalue weighted by Crippen LogP contribution is 2.38. The molecule has 0 unspecified atom stereocenters. The first-order valence-corrected chi connectivity index (χ1v) is 9.99. The highest BCUT2D eigenvalue weighted by Gasteiger charge is 2.22. The number of nitrogens with two attached hydrogens (primary N) is 1. The van der Waals surface area contributed by atoms with Crippen molar-refractivity contribution >= 4 is 40.1 Å². The summed E-state index contributed by atoms with van der Waals surface area (Å²) in [5, 5.41) is 1.99. The summed E-state index contributed by atoms with van der Waals surface area (Å²) in [4.78, 5) is 14.1. The standard InChI is InChI=1S/C23H20Cl2N4/c1-23(2,3)22-28-20(26)17-12-16(13-8-10-14(24)11-9-13)19(27-21(17)29-22)15-6-4-5-7-18(15)25/h4-12H,1-3H3,(H2,26,27,28,29). The van der Waals surface area contributed by atoms with Gasteiger partial charge in [0, 0.05) is 26.6 Å². The minimum Gasteiger partial charge on any atom is -0.383 e. The van der Waals surface area contributed by atoms with E-state index in [1.165, 1.54) is 0 Å². The van der Waals surface area contributed by atoms with E-state index >= 15 is 0 Å². The smallest absolute Gasteiger partial charge is 0.165 e. The van der Waals surface area contributed by atoms with Gasteiger partial charge in [-0.1, -0.05) is 74.3 Å². The number of halogens is 2. The minimum absolute atomic E-state index is 0.247. The van der Waals surface area contributed by atoms with Crippen LogP contribution >= 0.6 is 23.2 Å². The fourth-order valence-corrected chi connectivity index (χ4v) is 3.47. The summed E-state index contributed by atoms with van der Waals surface area (Å²) < 4.78 is 0. The summed E-state index contributed by atoms with van der Waals surface area (Å²) in [5.74, 6) is 1.06. The second kappa shape index (κ2) is 7.29. The zero-order chi connectivity index (χ0) is 20.8. The lowest BCUT2D eigenvalue weighted by atomic mass is 9.95. The molecule has 0 atom stereocenters.